The number of aromatic nitrogens is 2. The summed E-state index contributed by atoms with van der Waals surface area (Å²) >= 11 is 0. The predicted molar refractivity (Wildman–Crippen MR) is 161 cm³/mol. The lowest BCUT2D eigenvalue weighted by Gasteiger charge is -2.39. The fourth-order valence-corrected chi connectivity index (χ4v) is 6.84. The first-order chi connectivity index (χ1) is 20.7. The van der Waals surface area contributed by atoms with Crippen LogP contribution in [0.2, 0.25) is 25.7 Å². The Balaban J connectivity index is 1.38. The van der Waals surface area contributed by atoms with E-state index in [4.69, 9.17) is 15.2 Å². The third-order valence-electron chi connectivity index (χ3n) is 8.82. The molecule has 0 bridgehead atoms. The van der Waals surface area contributed by atoms with Crippen molar-refractivity contribution in [1.29, 1.82) is 0 Å². The summed E-state index contributed by atoms with van der Waals surface area (Å²) in [6.45, 7) is 8.37. The Hall–Kier alpha value is -3.42. The van der Waals surface area contributed by atoms with Gasteiger partial charge in [-0.1, -0.05) is 25.7 Å². The number of alkyl halides is 3. The third-order valence-corrected chi connectivity index (χ3v) is 10.5. The van der Waals surface area contributed by atoms with Crippen molar-refractivity contribution in [3.8, 4) is 0 Å². The molecule has 9 nitrogen and oxygen atoms in total. The van der Waals surface area contributed by atoms with Crippen molar-refractivity contribution in [3.63, 3.8) is 0 Å². The van der Waals surface area contributed by atoms with Crippen LogP contribution >= 0.6 is 0 Å². The summed E-state index contributed by atoms with van der Waals surface area (Å²) in [5.41, 5.74) is 9.71. The minimum atomic E-state index is -4.52. The molecular formula is C31H38F3N5O4Si. The molecule has 0 spiro atoms. The second-order valence-electron chi connectivity index (χ2n) is 13.3. The zero-order valence-electron chi connectivity index (χ0n) is 25.5. The molecule has 2 aliphatic heterocycles. The average molecular weight is 630 g/mol. The number of nitrogen functional groups attached to an aromatic ring is 1. The van der Waals surface area contributed by atoms with Crippen molar-refractivity contribution in [2.75, 3.05) is 25.9 Å². The summed E-state index contributed by atoms with van der Waals surface area (Å²) < 4.78 is 54.5. The molecule has 4 heterocycles. The zero-order chi connectivity index (χ0) is 31.6. The van der Waals surface area contributed by atoms with Crippen molar-refractivity contribution in [2.24, 2.45) is 5.92 Å². The number of rotatable bonds is 8. The number of benzene rings is 1. The second kappa shape index (κ2) is 11.2. The molecule has 1 fully saturated rings. The van der Waals surface area contributed by atoms with Gasteiger partial charge in [0.05, 0.1) is 35.9 Å². The maximum atomic E-state index is 14.4. The van der Waals surface area contributed by atoms with E-state index in [1.165, 1.54) is 11.0 Å². The summed E-state index contributed by atoms with van der Waals surface area (Å²) in [5.74, 6) is -0.204. The molecular weight excluding hydrogens is 591 g/mol. The van der Waals surface area contributed by atoms with E-state index in [9.17, 15) is 22.8 Å². The number of hydrogen-bond acceptors (Lipinski definition) is 6. The van der Waals surface area contributed by atoms with Crippen LogP contribution in [0.25, 0.3) is 11.0 Å². The Kier molecular flexibility index (Phi) is 7.78. The van der Waals surface area contributed by atoms with E-state index < -0.39 is 25.9 Å². The molecule has 1 atom stereocenters. The van der Waals surface area contributed by atoms with E-state index in [1.54, 1.807) is 18.0 Å². The van der Waals surface area contributed by atoms with E-state index in [2.05, 4.69) is 24.6 Å². The SMILES string of the molecule is CN(C(=O)c1cc2nc(N)c3c(c2n1COCC[Si](C)(C)C)COC3)C1CN(C(=O)C2CC2)Cc2cc(C(F)(F)F)ccc21. The molecule has 1 aliphatic carbocycles. The first kappa shape index (κ1) is 30.6. The van der Waals surface area contributed by atoms with Crippen LogP contribution in [0.3, 0.4) is 0 Å². The van der Waals surface area contributed by atoms with Crippen LogP contribution in [0.15, 0.2) is 24.3 Å². The Morgan fingerprint density at radius 2 is 1.89 bits per heavy atom. The predicted octanol–water partition coefficient (Wildman–Crippen LogP) is 5.55. The zero-order valence-corrected chi connectivity index (χ0v) is 26.5. The van der Waals surface area contributed by atoms with Crippen LogP contribution in [0.4, 0.5) is 19.0 Å². The molecule has 1 saturated carbocycles. The third kappa shape index (κ3) is 5.84. The molecule has 13 heteroatoms. The lowest BCUT2D eigenvalue weighted by atomic mass is 9.92. The Morgan fingerprint density at radius 1 is 1.16 bits per heavy atom. The molecule has 6 rings (SSSR count). The summed E-state index contributed by atoms with van der Waals surface area (Å²) in [7, 11) is 0.265. The molecule has 44 heavy (non-hydrogen) atoms. The monoisotopic (exact) mass is 629 g/mol. The van der Waals surface area contributed by atoms with Gasteiger partial charge in [0.1, 0.15) is 18.2 Å². The largest absolute Gasteiger partial charge is 0.416 e. The van der Waals surface area contributed by atoms with Crippen LogP contribution in [-0.2, 0) is 46.9 Å². The van der Waals surface area contributed by atoms with Crippen LogP contribution in [0, 0.1) is 5.92 Å². The lowest BCUT2D eigenvalue weighted by molar-refractivity contribution is -0.137. The molecule has 2 aromatic heterocycles. The molecule has 2 amide bonds. The number of likely N-dealkylation sites (N-methyl/N-ethyl adjacent to an activating group) is 1. The fourth-order valence-electron chi connectivity index (χ4n) is 6.08. The van der Waals surface area contributed by atoms with Gasteiger partial charge in [-0.15, -0.1) is 0 Å². The highest BCUT2D eigenvalue weighted by Crippen LogP contribution is 2.40. The Labute approximate surface area is 255 Å². The van der Waals surface area contributed by atoms with Gasteiger partial charge in [-0.05, 0) is 48.2 Å². The number of anilines is 1. The van der Waals surface area contributed by atoms with Crippen molar-refractivity contribution in [1.82, 2.24) is 19.4 Å². The maximum absolute atomic E-state index is 14.4. The van der Waals surface area contributed by atoms with Gasteiger partial charge in [0, 0.05) is 51.9 Å². The number of carbonyl (C=O) groups is 2. The lowest BCUT2D eigenvalue weighted by Crippen LogP contribution is -2.46. The molecule has 1 unspecified atom stereocenters. The Bertz CT molecular complexity index is 1630. The number of nitrogens with zero attached hydrogens (tertiary/aromatic N) is 4. The molecule has 0 radical (unpaired) electrons. The van der Waals surface area contributed by atoms with Gasteiger partial charge in [0.15, 0.2) is 0 Å². The highest BCUT2D eigenvalue weighted by atomic mass is 28.3. The van der Waals surface area contributed by atoms with Crippen molar-refractivity contribution in [3.05, 3.63) is 57.8 Å². The topological polar surface area (TPSA) is 103 Å². The van der Waals surface area contributed by atoms with Crippen LogP contribution in [0.5, 0.6) is 0 Å². The summed E-state index contributed by atoms with van der Waals surface area (Å²) in [4.78, 5) is 35.2. The quantitative estimate of drug-likeness (QED) is 0.259. The normalized spacial score (nSPS) is 18.4. The Morgan fingerprint density at radius 3 is 2.57 bits per heavy atom. The average Bonchev–Trinajstić information content (AvgIpc) is 3.58. The van der Waals surface area contributed by atoms with Gasteiger partial charge in [-0.3, -0.25) is 9.59 Å². The van der Waals surface area contributed by atoms with Crippen LogP contribution < -0.4 is 5.73 Å². The fraction of sp³-hybridized carbons (Fsp3) is 0.516. The van der Waals surface area contributed by atoms with E-state index in [0.717, 1.165) is 47.7 Å². The number of hydrogen-bond donors (Lipinski definition) is 1. The number of pyridine rings is 1. The number of fused-ring (bicyclic) bond motifs is 4. The summed E-state index contributed by atoms with van der Waals surface area (Å²) in [6, 6.07) is 5.57. The molecule has 1 aromatic carbocycles. The maximum Gasteiger partial charge on any atom is 0.416 e. The van der Waals surface area contributed by atoms with Crippen molar-refractivity contribution in [2.45, 2.75) is 77.2 Å². The van der Waals surface area contributed by atoms with Gasteiger partial charge in [-0.2, -0.15) is 13.2 Å². The molecule has 3 aliphatic rings. The van der Waals surface area contributed by atoms with E-state index in [1.807, 2.05) is 4.57 Å². The van der Waals surface area contributed by atoms with E-state index in [0.29, 0.717) is 48.0 Å². The highest BCUT2D eigenvalue weighted by Gasteiger charge is 2.40. The van der Waals surface area contributed by atoms with Gasteiger partial charge in [-0.25, -0.2) is 4.98 Å². The highest BCUT2D eigenvalue weighted by molar-refractivity contribution is 6.76. The minimum absolute atomic E-state index is 0.0770. The molecule has 2 N–H and O–H groups in total. The summed E-state index contributed by atoms with van der Waals surface area (Å²) in [5, 5.41) is 0. The van der Waals surface area contributed by atoms with E-state index >= 15 is 0 Å². The standard InChI is InChI=1S/C31H38F3N5O4Si/c1-37(26-14-38(29(40)18-5-6-18)13-19-11-20(31(32,33)34)7-8-21(19)26)30(41)25-12-24-27(22-15-43-16-23(22)28(35)36-24)39(25)17-42-9-10-44(2,3)4/h7-8,11-12,18,26H,5-6,9-10,13-17H2,1-4H3,(H2,35,36). The first-order valence-electron chi connectivity index (χ1n) is 14.9. The number of carbonyl (C=O) groups excluding carboxylic acids is 2. The minimum Gasteiger partial charge on any atom is -0.383 e. The van der Waals surface area contributed by atoms with Gasteiger partial charge >= 0.3 is 6.18 Å². The molecule has 0 saturated heterocycles. The smallest absolute Gasteiger partial charge is 0.383 e. The van der Waals surface area contributed by atoms with Gasteiger partial charge < -0.3 is 29.6 Å². The van der Waals surface area contributed by atoms with Gasteiger partial charge in [0.2, 0.25) is 5.91 Å². The van der Waals surface area contributed by atoms with Crippen LogP contribution in [0.1, 0.15) is 57.2 Å². The molecule has 236 valence electrons. The number of nitrogens with two attached hydrogens (primary N) is 1. The second-order valence-corrected chi connectivity index (χ2v) is 18.9. The number of halogens is 3. The van der Waals surface area contributed by atoms with E-state index in [-0.39, 0.29) is 37.6 Å². The van der Waals surface area contributed by atoms with Crippen molar-refractivity contribution < 1.29 is 32.2 Å². The first-order valence-corrected chi connectivity index (χ1v) is 18.7. The number of amides is 2. The van der Waals surface area contributed by atoms with Gasteiger partial charge in [0.25, 0.3) is 5.91 Å². The number of ether oxygens (including phenoxy) is 2. The van der Waals surface area contributed by atoms with Crippen molar-refractivity contribution >= 4 is 36.7 Å². The van der Waals surface area contributed by atoms with Crippen LogP contribution in [-0.4, -0.2) is 59.4 Å². The summed E-state index contributed by atoms with van der Waals surface area (Å²) in [6.07, 6.45) is -2.98. The molecule has 3 aromatic rings.